The van der Waals surface area contributed by atoms with Gasteiger partial charge in [-0.25, -0.2) is 0 Å². The van der Waals surface area contributed by atoms with E-state index in [2.05, 4.69) is 12.2 Å². The largest absolute Gasteiger partial charge is 0.394 e. The van der Waals surface area contributed by atoms with Crippen LogP contribution in [0.1, 0.15) is 129 Å². The van der Waals surface area contributed by atoms with Gasteiger partial charge >= 0.3 is 0 Å². The topological polar surface area (TPSA) is 149 Å². The van der Waals surface area contributed by atoms with Gasteiger partial charge in [0, 0.05) is 6.42 Å². The van der Waals surface area contributed by atoms with Crippen LogP contribution in [0.5, 0.6) is 0 Å². The maximum Gasteiger partial charge on any atom is 0.228 e. The van der Waals surface area contributed by atoms with Gasteiger partial charge in [0.2, 0.25) is 5.91 Å². The number of carbonyl (C=O) groups excluding carboxylic acids is 1. The van der Waals surface area contributed by atoms with Crippen LogP contribution in [0.3, 0.4) is 0 Å². The first-order chi connectivity index (χ1) is 21.7. The lowest BCUT2D eigenvalue weighted by Crippen LogP contribution is -2.54. The zero-order valence-corrected chi connectivity index (χ0v) is 28.1. The van der Waals surface area contributed by atoms with Crippen molar-refractivity contribution in [3.63, 3.8) is 0 Å². The zero-order valence-electron chi connectivity index (χ0n) is 28.1. The molecule has 9 heteroatoms. The van der Waals surface area contributed by atoms with Gasteiger partial charge < -0.3 is 40.3 Å². The average molecular weight is 638 g/mol. The Hall–Kier alpha value is -1.59. The number of benzene rings is 1. The van der Waals surface area contributed by atoms with Gasteiger partial charge in [0.15, 0.2) is 6.29 Å². The lowest BCUT2D eigenvalue weighted by Gasteiger charge is -2.37. The van der Waals surface area contributed by atoms with Crippen LogP contribution >= 0.6 is 0 Å². The van der Waals surface area contributed by atoms with E-state index in [1.807, 2.05) is 44.2 Å². The number of amides is 1. The molecule has 0 bridgehead atoms. The molecule has 9 atom stereocenters. The van der Waals surface area contributed by atoms with Crippen molar-refractivity contribution in [3.05, 3.63) is 35.9 Å². The maximum atomic E-state index is 13.7. The van der Waals surface area contributed by atoms with Gasteiger partial charge in [-0.15, -0.1) is 0 Å². The summed E-state index contributed by atoms with van der Waals surface area (Å²) >= 11 is 0. The molecule has 1 saturated heterocycles. The summed E-state index contributed by atoms with van der Waals surface area (Å²) in [6.45, 7) is 5.60. The smallest absolute Gasteiger partial charge is 0.228 e. The van der Waals surface area contributed by atoms with E-state index in [0.29, 0.717) is 6.42 Å². The number of aliphatic hydroxyl groups is 5. The first-order valence-electron chi connectivity index (χ1n) is 17.7. The van der Waals surface area contributed by atoms with E-state index in [1.54, 1.807) is 0 Å². The molecular formula is C36H63NO8. The molecule has 1 aromatic rings. The van der Waals surface area contributed by atoms with E-state index >= 15 is 0 Å². The van der Waals surface area contributed by atoms with Gasteiger partial charge in [-0.05, 0) is 17.9 Å². The minimum atomic E-state index is -1.29. The summed E-state index contributed by atoms with van der Waals surface area (Å²) in [6, 6.07) is 8.57. The van der Waals surface area contributed by atoms with Gasteiger partial charge in [-0.1, -0.05) is 135 Å². The van der Waals surface area contributed by atoms with Crippen LogP contribution < -0.4 is 5.32 Å². The van der Waals surface area contributed by atoms with E-state index in [0.717, 1.165) is 31.2 Å². The highest BCUT2D eigenvalue weighted by Crippen LogP contribution is 2.28. The van der Waals surface area contributed by atoms with Crippen molar-refractivity contribution in [1.82, 2.24) is 5.32 Å². The minimum absolute atomic E-state index is 0.0284. The van der Waals surface area contributed by atoms with Gasteiger partial charge in [0.05, 0.1) is 37.4 Å². The minimum Gasteiger partial charge on any atom is -0.394 e. The molecule has 0 aliphatic carbocycles. The lowest BCUT2D eigenvalue weighted by atomic mass is 9.84. The van der Waals surface area contributed by atoms with Crippen LogP contribution in [0, 0.1) is 5.92 Å². The van der Waals surface area contributed by atoms with Gasteiger partial charge in [0.25, 0.3) is 0 Å². The predicted molar refractivity (Wildman–Crippen MR) is 177 cm³/mol. The summed E-state index contributed by atoms with van der Waals surface area (Å²) in [5.41, 5.74) is 0.870. The molecule has 1 fully saturated rings. The lowest BCUT2D eigenvalue weighted by molar-refractivity contribution is -0.259. The molecule has 1 aliphatic heterocycles. The summed E-state index contributed by atoms with van der Waals surface area (Å²) in [5, 5.41) is 55.0. The highest BCUT2D eigenvalue weighted by atomic mass is 16.7. The van der Waals surface area contributed by atoms with Crippen molar-refractivity contribution in [2.45, 2.75) is 166 Å². The number of unbranched alkanes of at least 4 members (excludes halogenated alkanes) is 11. The van der Waals surface area contributed by atoms with Gasteiger partial charge in [0.1, 0.15) is 18.3 Å². The Morgan fingerprint density at radius 1 is 0.933 bits per heavy atom. The van der Waals surface area contributed by atoms with Crippen molar-refractivity contribution >= 4 is 5.91 Å². The number of aliphatic hydroxyl groups excluding tert-OH is 5. The average Bonchev–Trinajstić information content (AvgIpc) is 3.04. The molecule has 0 radical (unpaired) electrons. The van der Waals surface area contributed by atoms with E-state index in [-0.39, 0.29) is 24.9 Å². The molecule has 1 aromatic carbocycles. The third-order valence-corrected chi connectivity index (χ3v) is 9.32. The number of rotatable bonds is 24. The summed E-state index contributed by atoms with van der Waals surface area (Å²) in [7, 11) is 0. The first-order valence-corrected chi connectivity index (χ1v) is 17.7. The highest BCUT2D eigenvalue weighted by Gasteiger charge is 2.38. The van der Waals surface area contributed by atoms with E-state index < -0.39 is 55.4 Å². The van der Waals surface area contributed by atoms with Crippen LogP contribution in [0.25, 0.3) is 0 Å². The Bertz CT molecular complexity index is 889. The molecule has 45 heavy (non-hydrogen) atoms. The Kier molecular flexibility index (Phi) is 20.1. The number of ether oxygens (including phenoxy) is 2. The molecule has 1 aliphatic rings. The third-order valence-electron chi connectivity index (χ3n) is 9.32. The Morgan fingerprint density at radius 2 is 1.51 bits per heavy atom. The highest BCUT2D eigenvalue weighted by molar-refractivity contribution is 5.84. The molecule has 6 N–H and O–H groups in total. The molecule has 9 nitrogen and oxygen atoms in total. The van der Waals surface area contributed by atoms with Gasteiger partial charge in [-0.2, -0.15) is 0 Å². The first kappa shape index (κ1) is 39.6. The SMILES string of the molecule is CCCCCCCCCCCCCCC(O)C(O)C(COC1CC(O)C(O)C(CO)O1)NC(=O)C(c1ccccc1)C(C)CC. The Labute approximate surface area is 271 Å². The fourth-order valence-electron chi connectivity index (χ4n) is 6.15. The molecular weight excluding hydrogens is 574 g/mol. The van der Waals surface area contributed by atoms with E-state index in [9.17, 15) is 30.3 Å². The maximum absolute atomic E-state index is 13.7. The van der Waals surface area contributed by atoms with E-state index in [1.165, 1.54) is 57.8 Å². The number of hydrogen-bond acceptors (Lipinski definition) is 8. The predicted octanol–water partition coefficient (Wildman–Crippen LogP) is 4.96. The third kappa shape index (κ3) is 14.4. The van der Waals surface area contributed by atoms with Crippen molar-refractivity contribution in [1.29, 1.82) is 0 Å². The van der Waals surface area contributed by atoms with E-state index in [4.69, 9.17) is 9.47 Å². The molecule has 2 rings (SSSR count). The number of nitrogens with one attached hydrogen (secondary N) is 1. The molecule has 0 spiro atoms. The summed E-state index contributed by atoms with van der Waals surface area (Å²) < 4.78 is 11.5. The normalized spacial score (nSPS) is 23.6. The van der Waals surface area contributed by atoms with Crippen molar-refractivity contribution < 1.29 is 39.8 Å². The number of carbonyl (C=O) groups is 1. The fourth-order valence-corrected chi connectivity index (χ4v) is 6.15. The van der Waals surface area contributed by atoms with Crippen LogP contribution in [0.2, 0.25) is 0 Å². The second-order valence-corrected chi connectivity index (χ2v) is 13.0. The van der Waals surface area contributed by atoms with Crippen LogP contribution in [0.15, 0.2) is 30.3 Å². The second kappa shape index (κ2) is 22.9. The monoisotopic (exact) mass is 637 g/mol. The summed E-state index contributed by atoms with van der Waals surface area (Å²) in [6.07, 6.45) is 8.86. The standard InChI is InChI=1S/C36H63NO8/c1-4-6-7-8-9-10-11-12-13-14-15-19-22-29(39)34(41)28(25-44-32-23-30(40)35(42)31(24-38)45-32)37-36(43)33(26(3)5-2)27-20-17-16-18-21-27/h16-18,20-21,26,28-35,38-42H,4-15,19,22-25H2,1-3H3,(H,37,43). The Morgan fingerprint density at radius 3 is 2.07 bits per heavy atom. The van der Waals surface area contributed by atoms with Crippen molar-refractivity contribution in [3.8, 4) is 0 Å². The zero-order chi connectivity index (χ0) is 33.0. The molecule has 0 aromatic heterocycles. The van der Waals surface area contributed by atoms with Crippen LogP contribution in [0.4, 0.5) is 0 Å². The van der Waals surface area contributed by atoms with Crippen LogP contribution in [-0.4, -0.2) is 87.5 Å². The number of hydrogen-bond donors (Lipinski definition) is 6. The second-order valence-electron chi connectivity index (χ2n) is 13.0. The van der Waals surface area contributed by atoms with Gasteiger partial charge in [-0.3, -0.25) is 4.79 Å². The molecule has 0 saturated carbocycles. The summed E-state index contributed by atoms with van der Waals surface area (Å²) in [5.74, 6) is -0.698. The quantitative estimate of drug-likeness (QED) is 0.0872. The molecule has 260 valence electrons. The molecule has 1 amide bonds. The van der Waals surface area contributed by atoms with Crippen LogP contribution in [-0.2, 0) is 14.3 Å². The van der Waals surface area contributed by atoms with Crippen molar-refractivity contribution in [2.24, 2.45) is 5.92 Å². The van der Waals surface area contributed by atoms with Crippen molar-refractivity contribution in [2.75, 3.05) is 13.2 Å². The molecule has 9 unspecified atom stereocenters. The fraction of sp³-hybridized carbons (Fsp3) is 0.806. The molecule has 1 heterocycles. The summed E-state index contributed by atoms with van der Waals surface area (Å²) in [4.78, 5) is 13.7. The Balaban J connectivity index is 1.94.